The number of likely N-dealkylation sites (tertiary alicyclic amines) is 1. The Labute approximate surface area is 126 Å². The number of nitrogens with one attached hydrogen (secondary N) is 1. The van der Waals surface area contributed by atoms with Crippen molar-refractivity contribution in [3.8, 4) is 0 Å². The molecule has 1 unspecified atom stereocenters. The number of alkyl halides is 3. The molecule has 2 rings (SSSR count). The Bertz CT molecular complexity index is 519. The average molecular weight is 318 g/mol. The van der Waals surface area contributed by atoms with E-state index in [1.54, 1.807) is 12.1 Å². The second-order valence-corrected chi connectivity index (χ2v) is 5.54. The van der Waals surface area contributed by atoms with Crippen LogP contribution in [0.2, 0.25) is 0 Å². The first-order valence-corrected chi connectivity index (χ1v) is 7.15. The summed E-state index contributed by atoms with van der Waals surface area (Å²) in [5, 5.41) is 1.94. The first-order valence-electron chi connectivity index (χ1n) is 7.15. The lowest BCUT2D eigenvalue weighted by Crippen LogP contribution is -2.44. The molecule has 1 heterocycles. The SMILES string of the molecule is O=C(NCC(F)(F)F)C1CCCN(Cc2cccc(F)c2)C1. The van der Waals surface area contributed by atoms with Crippen LogP contribution in [0.5, 0.6) is 0 Å². The molecule has 1 atom stereocenters. The number of carbonyl (C=O) groups excluding carboxylic acids is 1. The number of piperidine rings is 1. The molecule has 1 fully saturated rings. The van der Waals surface area contributed by atoms with Gasteiger partial charge >= 0.3 is 6.18 Å². The topological polar surface area (TPSA) is 32.3 Å². The van der Waals surface area contributed by atoms with Gasteiger partial charge in [-0.25, -0.2) is 4.39 Å². The molecule has 3 nitrogen and oxygen atoms in total. The van der Waals surface area contributed by atoms with Gasteiger partial charge in [0.15, 0.2) is 0 Å². The highest BCUT2D eigenvalue weighted by atomic mass is 19.4. The van der Waals surface area contributed by atoms with Crippen molar-refractivity contribution in [3.63, 3.8) is 0 Å². The van der Waals surface area contributed by atoms with Gasteiger partial charge in [0.2, 0.25) is 5.91 Å². The van der Waals surface area contributed by atoms with Gasteiger partial charge in [-0.3, -0.25) is 9.69 Å². The van der Waals surface area contributed by atoms with Gasteiger partial charge in [0.25, 0.3) is 0 Å². The van der Waals surface area contributed by atoms with Gasteiger partial charge in [-0.05, 0) is 37.1 Å². The zero-order chi connectivity index (χ0) is 16.2. The summed E-state index contributed by atoms with van der Waals surface area (Å²) < 4.78 is 49.5. The molecule has 0 aromatic heterocycles. The van der Waals surface area contributed by atoms with Crippen LogP contribution in [0, 0.1) is 11.7 Å². The van der Waals surface area contributed by atoms with Crippen molar-refractivity contribution in [1.82, 2.24) is 10.2 Å². The summed E-state index contributed by atoms with van der Waals surface area (Å²) in [7, 11) is 0. The van der Waals surface area contributed by atoms with Crippen molar-refractivity contribution in [1.29, 1.82) is 0 Å². The highest BCUT2D eigenvalue weighted by molar-refractivity contribution is 5.79. The highest BCUT2D eigenvalue weighted by Gasteiger charge is 2.31. The lowest BCUT2D eigenvalue weighted by molar-refractivity contribution is -0.141. The summed E-state index contributed by atoms with van der Waals surface area (Å²) >= 11 is 0. The van der Waals surface area contributed by atoms with Gasteiger partial charge in [0.05, 0.1) is 5.92 Å². The Morgan fingerprint density at radius 3 is 2.82 bits per heavy atom. The smallest absolute Gasteiger partial charge is 0.347 e. The second kappa shape index (κ2) is 7.09. The van der Waals surface area contributed by atoms with Crippen LogP contribution in [-0.4, -0.2) is 36.6 Å². The van der Waals surface area contributed by atoms with Gasteiger partial charge in [-0.15, -0.1) is 0 Å². The number of hydrogen-bond donors (Lipinski definition) is 1. The van der Waals surface area contributed by atoms with Crippen LogP contribution in [0.25, 0.3) is 0 Å². The monoisotopic (exact) mass is 318 g/mol. The maximum Gasteiger partial charge on any atom is 0.405 e. The van der Waals surface area contributed by atoms with E-state index in [1.807, 2.05) is 10.2 Å². The predicted octanol–water partition coefficient (Wildman–Crippen LogP) is 2.72. The average Bonchev–Trinajstić information content (AvgIpc) is 2.44. The summed E-state index contributed by atoms with van der Waals surface area (Å²) in [5.41, 5.74) is 0.788. The van der Waals surface area contributed by atoms with Crippen molar-refractivity contribution in [2.45, 2.75) is 25.6 Å². The molecule has 1 N–H and O–H groups in total. The molecule has 0 radical (unpaired) electrons. The molecule has 0 aliphatic carbocycles. The largest absolute Gasteiger partial charge is 0.405 e. The van der Waals surface area contributed by atoms with E-state index in [2.05, 4.69) is 0 Å². The van der Waals surface area contributed by atoms with E-state index in [0.717, 1.165) is 18.5 Å². The standard InChI is InChI=1S/C15H18F4N2O/c16-13-5-1-3-11(7-13)8-21-6-2-4-12(9-21)14(22)20-10-15(17,18)19/h1,3,5,7,12H,2,4,6,8-10H2,(H,20,22). The van der Waals surface area contributed by atoms with E-state index in [0.29, 0.717) is 19.5 Å². The maximum absolute atomic E-state index is 13.1. The Hall–Kier alpha value is -1.63. The van der Waals surface area contributed by atoms with Gasteiger partial charge < -0.3 is 5.32 Å². The molecule has 0 bridgehead atoms. The number of hydrogen-bond acceptors (Lipinski definition) is 2. The molecule has 22 heavy (non-hydrogen) atoms. The fourth-order valence-electron chi connectivity index (χ4n) is 2.64. The Morgan fingerprint density at radius 1 is 1.36 bits per heavy atom. The fraction of sp³-hybridized carbons (Fsp3) is 0.533. The third kappa shape index (κ3) is 5.29. The second-order valence-electron chi connectivity index (χ2n) is 5.54. The minimum absolute atomic E-state index is 0.325. The minimum Gasteiger partial charge on any atom is -0.347 e. The third-order valence-corrected chi connectivity index (χ3v) is 3.63. The molecular formula is C15H18F4N2O. The number of rotatable bonds is 4. The number of benzene rings is 1. The quantitative estimate of drug-likeness (QED) is 0.866. The van der Waals surface area contributed by atoms with E-state index in [1.165, 1.54) is 12.1 Å². The van der Waals surface area contributed by atoms with Crippen LogP contribution >= 0.6 is 0 Å². The third-order valence-electron chi connectivity index (χ3n) is 3.63. The predicted molar refractivity (Wildman–Crippen MR) is 73.5 cm³/mol. The van der Waals surface area contributed by atoms with E-state index in [9.17, 15) is 22.4 Å². The first kappa shape index (κ1) is 16.7. The number of amides is 1. The van der Waals surface area contributed by atoms with Crippen molar-refractivity contribution < 1.29 is 22.4 Å². The first-order chi connectivity index (χ1) is 10.3. The van der Waals surface area contributed by atoms with Gasteiger partial charge in [-0.1, -0.05) is 12.1 Å². The van der Waals surface area contributed by atoms with Gasteiger partial charge in [0.1, 0.15) is 12.4 Å². The Kier molecular flexibility index (Phi) is 5.39. The Balaban J connectivity index is 1.87. The lowest BCUT2D eigenvalue weighted by atomic mass is 9.96. The molecule has 1 aromatic carbocycles. The molecule has 1 aromatic rings. The normalized spacial score (nSPS) is 19.9. The summed E-state index contributed by atoms with van der Waals surface area (Å²) in [6.07, 6.45) is -3.09. The lowest BCUT2D eigenvalue weighted by Gasteiger charge is -2.32. The number of carbonyl (C=O) groups is 1. The zero-order valence-electron chi connectivity index (χ0n) is 12.0. The van der Waals surface area contributed by atoms with Crippen LogP contribution in [0.1, 0.15) is 18.4 Å². The molecule has 1 aliphatic heterocycles. The molecule has 122 valence electrons. The summed E-state index contributed by atoms with van der Waals surface area (Å²) in [5.74, 6) is -1.35. The Morgan fingerprint density at radius 2 is 2.14 bits per heavy atom. The van der Waals surface area contributed by atoms with Gasteiger partial charge in [-0.2, -0.15) is 13.2 Å². The zero-order valence-corrected chi connectivity index (χ0v) is 12.0. The molecule has 7 heteroatoms. The summed E-state index contributed by atoms with van der Waals surface area (Å²) in [6.45, 7) is 0.326. The van der Waals surface area contributed by atoms with E-state index >= 15 is 0 Å². The van der Waals surface area contributed by atoms with E-state index in [-0.39, 0.29) is 5.82 Å². The van der Waals surface area contributed by atoms with Gasteiger partial charge in [0, 0.05) is 13.1 Å². The maximum atomic E-state index is 13.1. The van der Waals surface area contributed by atoms with E-state index < -0.39 is 24.5 Å². The number of nitrogens with zero attached hydrogens (tertiary/aromatic N) is 1. The van der Waals surface area contributed by atoms with Crippen LogP contribution < -0.4 is 5.32 Å². The van der Waals surface area contributed by atoms with Crippen molar-refractivity contribution >= 4 is 5.91 Å². The molecule has 1 aliphatic rings. The van der Waals surface area contributed by atoms with Crippen LogP contribution in [0.3, 0.4) is 0 Å². The van der Waals surface area contributed by atoms with Crippen molar-refractivity contribution in [3.05, 3.63) is 35.6 Å². The van der Waals surface area contributed by atoms with Crippen LogP contribution in [0.15, 0.2) is 24.3 Å². The summed E-state index contributed by atoms with van der Waals surface area (Å²) in [6, 6.07) is 6.18. The minimum atomic E-state index is -4.40. The molecule has 1 amide bonds. The number of halogens is 4. The van der Waals surface area contributed by atoms with Crippen molar-refractivity contribution in [2.75, 3.05) is 19.6 Å². The van der Waals surface area contributed by atoms with Crippen LogP contribution in [0.4, 0.5) is 17.6 Å². The fourth-order valence-corrected chi connectivity index (χ4v) is 2.64. The van der Waals surface area contributed by atoms with E-state index in [4.69, 9.17) is 0 Å². The van der Waals surface area contributed by atoms with Crippen molar-refractivity contribution in [2.24, 2.45) is 5.92 Å². The van der Waals surface area contributed by atoms with Crippen LogP contribution in [-0.2, 0) is 11.3 Å². The molecule has 1 saturated heterocycles. The molecular weight excluding hydrogens is 300 g/mol. The highest BCUT2D eigenvalue weighted by Crippen LogP contribution is 2.20. The summed E-state index contributed by atoms with van der Waals surface area (Å²) in [4.78, 5) is 13.8. The molecule has 0 saturated carbocycles. The molecule has 0 spiro atoms.